The van der Waals surface area contributed by atoms with E-state index in [-0.39, 0.29) is 17.1 Å². The van der Waals surface area contributed by atoms with Crippen molar-refractivity contribution in [2.24, 2.45) is 0 Å². The highest BCUT2D eigenvalue weighted by molar-refractivity contribution is 7.09. The van der Waals surface area contributed by atoms with Crippen molar-refractivity contribution in [1.29, 1.82) is 0 Å². The molecule has 0 atom stereocenters. The van der Waals surface area contributed by atoms with Crippen LogP contribution in [0, 0.1) is 5.82 Å². The third-order valence-electron chi connectivity index (χ3n) is 4.51. The number of aromatic nitrogens is 2. The second-order valence-corrected chi connectivity index (χ2v) is 8.20. The predicted molar refractivity (Wildman–Crippen MR) is 111 cm³/mol. The van der Waals surface area contributed by atoms with Crippen molar-refractivity contribution in [1.82, 2.24) is 14.3 Å². The van der Waals surface area contributed by atoms with Crippen LogP contribution in [0.1, 0.15) is 29.8 Å². The maximum Gasteiger partial charge on any atom is 0.253 e. The van der Waals surface area contributed by atoms with E-state index in [0.717, 1.165) is 11.1 Å². The molecule has 1 aromatic heterocycles. The predicted octanol–water partition coefficient (Wildman–Crippen LogP) is 4.44. The molecule has 5 nitrogen and oxygen atoms in total. The zero-order valence-corrected chi connectivity index (χ0v) is 17.2. The number of halogens is 1. The van der Waals surface area contributed by atoms with Crippen LogP contribution < -0.4 is 5.32 Å². The number of hydrogen-bond acceptors (Lipinski definition) is 5. The number of hydrogen-bond donors (Lipinski definition) is 1. The Balaban J connectivity index is 1.71. The second kappa shape index (κ2) is 8.06. The second-order valence-electron chi connectivity index (χ2n) is 7.45. The highest BCUT2D eigenvalue weighted by atomic mass is 32.1. The Morgan fingerprint density at radius 3 is 2.57 bits per heavy atom. The molecule has 0 saturated heterocycles. The topological polar surface area (TPSA) is 58.1 Å². The van der Waals surface area contributed by atoms with Crippen molar-refractivity contribution in [3.05, 3.63) is 65.5 Å². The summed E-state index contributed by atoms with van der Waals surface area (Å²) in [6, 6.07) is 13.9. The molecule has 0 aliphatic rings. The molecule has 0 saturated carbocycles. The number of rotatable bonds is 6. The number of nitrogens with zero attached hydrogens (tertiary/aromatic N) is 3. The van der Waals surface area contributed by atoms with Gasteiger partial charge in [0.2, 0.25) is 5.13 Å². The maximum atomic E-state index is 13.2. The lowest BCUT2D eigenvalue weighted by Crippen LogP contribution is -2.27. The third-order valence-corrected chi connectivity index (χ3v) is 5.18. The number of amides is 1. The molecule has 0 fully saturated rings. The molecule has 2 aromatic carbocycles. The summed E-state index contributed by atoms with van der Waals surface area (Å²) in [5.41, 5.74) is 2.25. The molecule has 1 heterocycles. The van der Waals surface area contributed by atoms with Gasteiger partial charge in [-0.1, -0.05) is 38.1 Å². The van der Waals surface area contributed by atoms with Crippen LogP contribution in [0.5, 0.6) is 0 Å². The van der Waals surface area contributed by atoms with Gasteiger partial charge >= 0.3 is 0 Å². The first-order valence-electron chi connectivity index (χ1n) is 8.92. The summed E-state index contributed by atoms with van der Waals surface area (Å²) >= 11 is 1.28. The summed E-state index contributed by atoms with van der Waals surface area (Å²) in [5.74, 6) is 0.285. The highest BCUT2D eigenvalue weighted by Gasteiger charge is 2.21. The first-order chi connectivity index (χ1) is 13.3. The fourth-order valence-corrected chi connectivity index (χ4v) is 3.34. The van der Waals surface area contributed by atoms with Crippen LogP contribution in [-0.2, 0) is 5.41 Å². The molecule has 3 rings (SSSR count). The van der Waals surface area contributed by atoms with E-state index in [4.69, 9.17) is 0 Å². The van der Waals surface area contributed by atoms with E-state index in [0.29, 0.717) is 23.1 Å². The van der Waals surface area contributed by atoms with E-state index >= 15 is 0 Å². The SMILES string of the molecule is CN(C)C(=O)c1cccc(-c2nsc(NCC(C)(C)c3ccc(F)cc3)n2)c1. The van der Waals surface area contributed by atoms with Gasteiger partial charge in [-0.3, -0.25) is 4.79 Å². The molecule has 0 aliphatic carbocycles. The fraction of sp³-hybridized carbons (Fsp3) is 0.286. The van der Waals surface area contributed by atoms with Gasteiger partial charge in [-0.25, -0.2) is 4.39 Å². The third kappa shape index (κ3) is 4.54. The van der Waals surface area contributed by atoms with Crippen LogP contribution in [0.15, 0.2) is 48.5 Å². The van der Waals surface area contributed by atoms with Crippen LogP contribution in [-0.4, -0.2) is 40.8 Å². The van der Waals surface area contributed by atoms with Crippen LogP contribution in [0.2, 0.25) is 0 Å². The molecular weight excluding hydrogens is 375 g/mol. The minimum Gasteiger partial charge on any atom is -0.359 e. The fourth-order valence-electron chi connectivity index (χ4n) is 2.76. The van der Waals surface area contributed by atoms with E-state index in [9.17, 15) is 9.18 Å². The summed E-state index contributed by atoms with van der Waals surface area (Å²) in [5, 5.41) is 4.02. The highest BCUT2D eigenvalue weighted by Crippen LogP contribution is 2.26. The lowest BCUT2D eigenvalue weighted by molar-refractivity contribution is 0.0827. The van der Waals surface area contributed by atoms with Gasteiger partial charge in [0.1, 0.15) is 5.82 Å². The molecule has 1 amide bonds. The number of benzene rings is 2. The van der Waals surface area contributed by atoms with Gasteiger partial charge in [-0.05, 0) is 29.8 Å². The number of nitrogens with one attached hydrogen (secondary N) is 1. The zero-order chi connectivity index (χ0) is 20.3. The Kier molecular flexibility index (Phi) is 5.74. The molecule has 0 spiro atoms. The van der Waals surface area contributed by atoms with Crippen LogP contribution >= 0.6 is 11.5 Å². The van der Waals surface area contributed by atoms with Gasteiger partial charge in [-0.2, -0.15) is 9.36 Å². The lowest BCUT2D eigenvalue weighted by Gasteiger charge is -2.25. The monoisotopic (exact) mass is 398 g/mol. The summed E-state index contributed by atoms with van der Waals surface area (Å²) in [4.78, 5) is 18.2. The Labute approximate surface area is 168 Å². The van der Waals surface area contributed by atoms with Gasteiger partial charge in [0.15, 0.2) is 5.82 Å². The summed E-state index contributed by atoms with van der Waals surface area (Å²) in [6.45, 7) is 4.81. The average Bonchev–Trinajstić information content (AvgIpc) is 3.15. The van der Waals surface area contributed by atoms with E-state index in [1.807, 2.05) is 12.1 Å². The Morgan fingerprint density at radius 2 is 1.89 bits per heavy atom. The van der Waals surface area contributed by atoms with E-state index in [1.54, 1.807) is 38.4 Å². The van der Waals surface area contributed by atoms with Crippen molar-refractivity contribution in [3.63, 3.8) is 0 Å². The standard InChI is InChI=1S/C21H23FN4OS/c1-21(2,16-8-10-17(22)11-9-16)13-23-20-24-18(25-28-20)14-6-5-7-15(12-14)19(27)26(3)4/h5-12H,13H2,1-4H3,(H,23,24,25). The molecule has 0 aliphatic heterocycles. The Hall–Kier alpha value is -2.80. The number of carbonyl (C=O) groups is 1. The normalized spacial score (nSPS) is 11.3. The van der Waals surface area contributed by atoms with Crippen LogP contribution in [0.4, 0.5) is 9.52 Å². The molecule has 0 unspecified atom stereocenters. The van der Waals surface area contributed by atoms with Crippen molar-refractivity contribution < 1.29 is 9.18 Å². The van der Waals surface area contributed by atoms with Gasteiger partial charge < -0.3 is 10.2 Å². The van der Waals surface area contributed by atoms with E-state index in [2.05, 4.69) is 28.5 Å². The zero-order valence-electron chi connectivity index (χ0n) is 16.4. The lowest BCUT2D eigenvalue weighted by atomic mass is 9.85. The average molecular weight is 399 g/mol. The molecule has 3 aromatic rings. The first-order valence-corrected chi connectivity index (χ1v) is 9.69. The quantitative estimate of drug-likeness (QED) is 0.667. The van der Waals surface area contributed by atoms with Crippen molar-refractivity contribution >= 4 is 22.6 Å². The van der Waals surface area contributed by atoms with Crippen LogP contribution in [0.25, 0.3) is 11.4 Å². The van der Waals surface area contributed by atoms with Gasteiger partial charge in [-0.15, -0.1) is 0 Å². The van der Waals surface area contributed by atoms with Crippen molar-refractivity contribution in [2.45, 2.75) is 19.3 Å². The minimum absolute atomic E-state index is 0.0588. The summed E-state index contributed by atoms with van der Waals surface area (Å²) in [7, 11) is 3.45. The minimum atomic E-state index is -0.240. The molecule has 28 heavy (non-hydrogen) atoms. The molecule has 7 heteroatoms. The van der Waals surface area contributed by atoms with E-state index < -0.39 is 0 Å². The number of anilines is 1. The largest absolute Gasteiger partial charge is 0.359 e. The van der Waals surface area contributed by atoms with Crippen molar-refractivity contribution in [2.75, 3.05) is 26.0 Å². The maximum absolute atomic E-state index is 13.2. The first kappa shape index (κ1) is 19.9. The van der Waals surface area contributed by atoms with Gasteiger partial charge in [0.05, 0.1) is 0 Å². The van der Waals surface area contributed by atoms with Crippen molar-refractivity contribution in [3.8, 4) is 11.4 Å². The Morgan fingerprint density at radius 1 is 1.18 bits per heavy atom. The molecule has 1 N–H and O–H groups in total. The van der Waals surface area contributed by atoms with Crippen LogP contribution in [0.3, 0.4) is 0 Å². The summed E-state index contributed by atoms with van der Waals surface area (Å²) < 4.78 is 17.6. The smallest absolute Gasteiger partial charge is 0.253 e. The molecular formula is C21H23FN4OS. The van der Waals surface area contributed by atoms with Gasteiger partial charge in [0.25, 0.3) is 5.91 Å². The van der Waals surface area contributed by atoms with E-state index in [1.165, 1.54) is 28.6 Å². The van der Waals surface area contributed by atoms with Gasteiger partial charge in [0, 0.05) is 48.7 Å². The number of carbonyl (C=O) groups excluding carboxylic acids is 1. The molecule has 0 bridgehead atoms. The summed E-state index contributed by atoms with van der Waals surface area (Å²) in [6.07, 6.45) is 0. The molecule has 146 valence electrons. The Bertz CT molecular complexity index is 967. The molecule has 0 radical (unpaired) electrons.